The average molecular weight is 558 g/mol. The fraction of sp³-hybridized carbons (Fsp3) is 0.310. The van der Waals surface area contributed by atoms with Gasteiger partial charge in [0.1, 0.15) is 22.3 Å². The molecule has 0 saturated heterocycles. The van der Waals surface area contributed by atoms with Crippen LogP contribution in [0.15, 0.2) is 54.9 Å². The number of halogens is 3. The molecule has 4 aromatic rings. The number of amides is 1. The smallest absolute Gasteiger partial charge is 0.266 e. The first-order valence-corrected chi connectivity index (χ1v) is 13.7. The Hall–Kier alpha value is -3.07. The van der Waals surface area contributed by atoms with Crippen molar-refractivity contribution in [1.29, 1.82) is 0 Å². The summed E-state index contributed by atoms with van der Waals surface area (Å²) in [7, 11) is 3.10. The summed E-state index contributed by atoms with van der Waals surface area (Å²) in [5.74, 6) is -0.875. The number of carbonyl (C=O) groups excluding carboxylic acids is 1. The van der Waals surface area contributed by atoms with Gasteiger partial charge in [0.2, 0.25) is 0 Å². The summed E-state index contributed by atoms with van der Waals surface area (Å²) in [5, 5.41) is -0.0683. The molecule has 1 saturated carbocycles. The number of nitrogens with zero attached hydrogens (tertiary/aromatic N) is 2. The lowest BCUT2D eigenvalue weighted by molar-refractivity contribution is 0.0618. The Morgan fingerprint density at radius 3 is 2.39 bits per heavy atom. The molecule has 200 valence electrons. The number of pyridine rings is 1. The van der Waals surface area contributed by atoms with Crippen LogP contribution >= 0.6 is 22.9 Å². The van der Waals surface area contributed by atoms with Crippen molar-refractivity contribution in [1.82, 2.24) is 9.88 Å². The molecule has 1 fully saturated rings. The van der Waals surface area contributed by atoms with Gasteiger partial charge >= 0.3 is 0 Å². The molecule has 0 bridgehead atoms. The van der Waals surface area contributed by atoms with E-state index < -0.39 is 11.6 Å². The summed E-state index contributed by atoms with van der Waals surface area (Å²) in [4.78, 5) is 20.0. The molecule has 38 heavy (non-hydrogen) atoms. The highest BCUT2D eigenvalue weighted by Crippen LogP contribution is 2.40. The molecule has 1 aliphatic rings. The SMILES string of the molecule is CN.COc1ccc(-c2ccncc2)cc1CN(C(=O)c1sc2c(F)ccc(F)c2c1Cl)C1CCCCC1. The molecule has 0 aliphatic heterocycles. The van der Waals surface area contributed by atoms with Crippen molar-refractivity contribution in [2.24, 2.45) is 5.73 Å². The number of nitrogens with two attached hydrogens (primary N) is 1. The number of benzene rings is 2. The number of thiophene rings is 1. The van der Waals surface area contributed by atoms with Crippen LogP contribution in [0.3, 0.4) is 0 Å². The Morgan fingerprint density at radius 2 is 1.74 bits per heavy atom. The summed E-state index contributed by atoms with van der Waals surface area (Å²) in [6.45, 7) is 0.293. The number of methoxy groups -OCH3 is 1. The van der Waals surface area contributed by atoms with Crippen molar-refractivity contribution < 1.29 is 18.3 Å². The molecule has 9 heteroatoms. The van der Waals surface area contributed by atoms with Crippen LogP contribution in [0.4, 0.5) is 8.78 Å². The number of fused-ring (bicyclic) bond motifs is 1. The molecule has 5 rings (SSSR count). The van der Waals surface area contributed by atoms with Crippen LogP contribution in [0.5, 0.6) is 5.75 Å². The van der Waals surface area contributed by atoms with E-state index >= 15 is 0 Å². The van der Waals surface area contributed by atoms with Crippen LogP contribution in [0.25, 0.3) is 21.2 Å². The Morgan fingerprint density at radius 1 is 1.05 bits per heavy atom. The van der Waals surface area contributed by atoms with E-state index in [1.54, 1.807) is 24.4 Å². The highest BCUT2D eigenvalue weighted by atomic mass is 35.5. The van der Waals surface area contributed by atoms with Gasteiger partial charge in [-0.05, 0) is 67.4 Å². The first kappa shape index (κ1) is 28.0. The van der Waals surface area contributed by atoms with Gasteiger partial charge in [-0.25, -0.2) is 8.78 Å². The number of aromatic nitrogens is 1. The second-order valence-corrected chi connectivity index (χ2v) is 10.4. The normalized spacial score (nSPS) is 13.6. The molecule has 2 aromatic heterocycles. The first-order valence-electron chi connectivity index (χ1n) is 12.5. The zero-order valence-electron chi connectivity index (χ0n) is 21.3. The largest absolute Gasteiger partial charge is 0.496 e. The van der Waals surface area contributed by atoms with E-state index in [1.165, 1.54) is 7.05 Å². The second kappa shape index (κ2) is 12.7. The minimum atomic E-state index is -0.636. The Bertz CT molecular complexity index is 1410. The molecular formula is C29H30ClF2N3O2S. The van der Waals surface area contributed by atoms with Gasteiger partial charge in [0.25, 0.3) is 5.91 Å². The maximum atomic E-state index is 14.5. The quantitative estimate of drug-likeness (QED) is 0.267. The van der Waals surface area contributed by atoms with Crippen LogP contribution in [-0.2, 0) is 6.54 Å². The first-order chi connectivity index (χ1) is 18.5. The number of hydrogen-bond acceptors (Lipinski definition) is 5. The second-order valence-electron chi connectivity index (χ2n) is 8.97. The lowest BCUT2D eigenvalue weighted by Crippen LogP contribution is -2.40. The zero-order valence-corrected chi connectivity index (χ0v) is 22.9. The summed E-state index contributed by atoms with van der Waals surface area (Å²) < 4.78 is 34.7. The summed E-state index contributed by atoms with van der Waals surface area (Å²) in [5.41, 5.74) is 7.33. The number of ether oxygens (including phenoxy) is 1. The third kappa shape index (κ3) is 5.67. The standard InChI is InChI=1S/C28H25ClF2N2O2S.CH5N/c1-35-23-10-7-18(17-11-13-32-14-12-17)15-19(23)16-33(20-5-3-2-4-6-20)28(34)27-25(29)24-21(30)8-9-22(31)26(24)36-27;1-2/h7-15,20H,2-6,16H2,1H3;2H2,1H3. The Balaban J connectivity index is 0.00000164. The van der Waals surface area contributed by atoms with Gasteiger partial charge in [-0.15, -0.1) is 11.3 Å². The third-order valence-corrected chi connectivity index (χ3v) is 8.46. The molecule has 0 unspecified atom stereocenters. The van der Waals surface area contributed by atoms with Gasteiger partial charge in [0.05, 0.1) is 22.2 Å². The maximum absolute atomic E-state index is 14.5. The van der Waals surface area contributed by atoms with Crippen LogP contribution in [0.1, 0.15) is 47.3 Å². The van der Waals surface area contributed by atoms with E-state index in [-0.39, 0.29) is 31.9 Å². The van der Waals surface area contributed by atoms with E-state index in [4.69, 9.17) is 16.3 Å². The third-order valence-electron chi connectivity index (χ3n) is 6.79. The summed E-state index contributed by atoms with van der Waals surface area (Å²) in [6, 6.07) is 11.8. The molecule has 2 aromatic carbocycles. The topological polar surface area (TPSA) is 68.5 Å². The maximum Gasteiger partial charge on any atom is 0.266 e. The van der Waals surface area contributed by atoms with E-state index in [1.807, 2.05) is 30.3 Å². The number of carbonyl (C=O) groups is 1. The van der Waals surface area contributed by atoms with Crippen molar-refractivity contribution in [2.45, 2.75) is 44.7 Å². The average Bonchev–Trinajstić information content (AvgIpc) is 3.33. The fourth-order valence-corrected chi connectivity index (χ4v) is 6.44. The minimum Gasteiger partial charge on any atom is -0.496 e. The minimum absolute atomic E-state index is 0.00323. The zero-order chi connectivity index (χ0) is 27.2. The predicted molar refractivity (Wildman–Crippen MR) is 150 cm³/mol. The summed E-state index contributed by atoms with van der Waals surface area (Å²) in [6.07, 6.45) is 8.36. The highest BCUT2D eigenvalue weighted by molar-refractivity contribution is 7.21. The van der Waals surface area contributed by atoms with Gasteiger partial charge in [-0.2, -0.15) is 0 Å². The van der Waals surface area contributed by atoms with Crippen molar-refractivity contribution in [2.75, 3.05) is 14.2 Å². The van der Waals surface area contributed by atoms with Crippen LogP contribution < -0.4 is 10.5 Å². The highest BCUT2D eigenvalue weighted by Gasteiger charge is 2.31. The van der Waals surface area contributed by atoms with E-state index in [0.29, 0.717) is 12.3 Å². The fourth-order valence-electron chi connectivity index (χ4n) is 4.93. The van der Waals surface area contributed by atoms with E-state index in [0.717, 1.165) is 72.3 Å². The van der Waals surface area contributed by atoms with Crippen molar-refractivity contribution in [3.8, 4) is 16.9 Å². The van der Waals surface area contributed by atoms with Gasteiger partial charge in [-0.1, -0.05) is 36.9 Å². The molecule has 5 nitrogen and oxygen atoms in total. The van der Waals surface area contributed by atoms with Gasteiger partial charge in [0, 0.05) is 30.5 Å². The van der Waals surface area contributed by atoms with Gasteiger partial charge in [0.15, 0.2) is 0 Å². The summed E-state index contributed by atoms with van der Waals surface area (Å²) >= 11 is 7.41. The van der Waals surface area contributed by atoms with Crippen molar-refractivity contribution in [3.63, 3.8) is 0 Å². The van der Waals surface area contributed by atoms with Gasteiger partial charge < -0.3 is 15.4 Å². The van der Waals surface area contributed by atoms with Gasteiger partial charge in [-0.3, -0.25) is 9.78 Å². The van der Waals surface area contributed by atoms with Crippen LogP contribution in [0.2, 0.25) is 5.02 Å². The molecule has 1 amide bonds. The molecular weight excluding hydrogens is 528 g/mol. The van der Waals surface area contributed by atoms with Crippen molar-refractivity contribution in [3.05, 3.63) is 82.0 Å². The molecule has 0 atom stereocenters. The molecule has 0 spiro atoms. The van der Waals surface area contributed by atoms with Crippen LogP contribution in [-0.4, -0.2) is 36.0 Å². The number of rotatable bonds is 6. The number of hydrogen-bond donors (Lipinski definition) is 1. The lowest BCUT2D eigenvalue weighted by atomic mass is 9.93. The monoisotopic (exact) mass is 557 g/mol. The van der Waals surface area contributed by atoms with E-state index in [2.05, 4.69) is 10.7 Å². The Labute approximate surface area is 230 Å². The Kier molecular flexibility index (Phi) is 9.31. The van der Waals surface area contributed by atoms with Crippen LogP contribution in [0, 0.1) is 11.6 Å². The predicted octanol–water partition coefficient (Wildman–Crippen LogP) is 7.45. The van der Waals surface area contributed by atoms with Crippen molar-refractivity contribution >= 4 is 38.9 Å². The molecule has 1 aliphatic carbocycles. The van der Waals surface area contributed by atoms with E-state index in [9.17, 15) is 13.6 Å². The molecule has 0 radical (unpaired) electrons. The molecule has 2 heterocycles. The lowest BCUT2D eigenvalue weighted by Gasteiger charge is -2.34. The molecule has 2 N–H and O–H groups in total.